The van der Waals surface area contributed by atoms with Crippen LogP contribution in [0.5, 0.6) is 0 Å². The number of benzene rings is 9. The zero-order chi connectivity index (χ0) is 36.8. The molecule has 54 heavy (non-hydrogen) atoms. The van der Waals surface area contributed by atoms with Gasteiger partial charge in [0.15, 0.2) is 0 Å². The Bertz CT molecular complexity index is 2540. The Labute approximate surface area is 319 Å². The Morgan fingerprint density at radius 1 is 0.241 bits per heavy atom. The van der Waals surface area contributed by atoms with E-state index < -0.39 is 0 Å². The fourth-order valence-electron chi connectivity index (χ4n) is 8.32. The van der Waals surface area contributed by atoms with Gasteiger partial charge in [-0.2, -0.15) is 0 Å². The van der Waals surface area contributed by atoms with Crippen LogP contribution in [0.3, 0.4) is 0 Å². The summed E-state index contributed by atoms with van der Waals surface area (Å²) in [6.45, 7) is 8.69. The van der Waals surface area contributed by atoms with Crippen molar-refractivity contribution >= 4 is 21.5 Å². The largest absolute Gasteiger partial charge is 0.0614 e. The third-order valence-corrected chi connectivity index (χ3v) is 10.9. The molecule has 0 heteroatoms. The lowest BCUT2D eigenvalue weighted by Crippen LogP contribution is -1.92. The molecule has 0 nitrogen and oxygen atoms in total. The van der Waals surface area contributed by atoms with E-state index in [9.17, 15) is 0 Å². The summed E-state index contributed by atoms with van der Waals surface area (Å²) in [6, 6.07) is 67.7. The third kappa shape index (κ3) is 6.21. The molecule has 0 radical (unpaired) electrons. The molecule has 0 heterocycles. The maximum atomic E-state index is 2.39. The quantitative estimate of drug-likeness (QED) is 0.152. The van der Waals surface area contributed by atoms with Gasteiger partial charge in [0.05, 0.1) is 0 Å². The highest BCUT2D eigenvalue weighted by Crippen LogP contribution is 2.44. The number of fused-ring (bicyclic) bond motifs is 3. The molecule has 0 atom stereocenters. The second-order valence-corrected chi connectivity index (χ2v) is 14.9. The molecule has 0 fully saturated rings. The average molecular weight is 691 g/mol. The lowest BCUT2D eigenvalue weighted by molar-refractivity contribution is 1.45. The molecule has 0 amide bonds. The maximum Gasteiger partial charge on any atom is -0.00266 e. The second-order valence-electron chi connectivity index (χ2n) is 14.9. The fourth-order valence-corrected chi connectivity index (χ4v) is 8.32. The second kappa shape index (κ2) is 13.8. The molecule has 0 unspecified atom stereocenters. The molecule has 0 aliphatic rings. The van der Waals surface area contributed by atoms with Crippen LogP contribution in [0.15, 0.2) is 182 Å². The standard InChI is InChI=1S/C54H42/c1-35-11-5-15-39(29-35)49-19-9-20-50(40-16-6-12-36(2)30-40)53(49)45-25-27-47-43(33-45)23-24-44-34-46(26-28-48(44)47)54-51(41-17-7-13-37(3)31-41)21-10-22-52(54)42-18-8-14-38(4)32-42/h5-34H,1-4H3. The van der Waals surface area contributed by atoms with E-state index in [1.807, 2.05) is 0 Å². The van der Waals surface area contributed by atoms with E-state index in [0.717, 1.165) is 0 Å². The van der Waals surface area contributed by atoms with E-state index in [1.165, 1.54) is 111 Å². The Kier molecular flexibility index (Phi) is 8.53. The van der Waals surface area contributed by atoms with Crippen LogP contribution in [0.1, 0.15) is 22.3 Å². The van der Waals surface area contributed by atoms with Gasteiger partial charge in [-0.25, -0.2) is 0 Å². The summed E-state index contributed by atoms with van der Waals surface area (Å²) in [4.78, 5) is 0. The average Bonchev–Trinajstić information content (AvgIpc) is 3.20. The van der Waals surface area contributed by atoms with Crippen molar-refractivity contribution in [3.63, 3.8) is 0 Å². The van der Waals surface area contributed by atoms with Crippen molar-refractivity contribution in [2.75, 3.05) is 0 Å². The van der Waals surface area contributed by atoms with Crippen molar-refractivity contribution < 1.29 is 0 Å². The molecule has 0 aliphatic heterocycles. The summed E-state index contributed by atoms with van der Waals surface area (Å²) >= 11 is 0. The summed E-state index contributed by atoms with van der Waals surface area (Å²) in [7, 11) is 0. The summed E-state index contributed by atoms with van der Waals surface area (Å²) in [5.41, 5.74) is 20.0. The molecule has 9 rings (SSSR count). The van der Waals surface area contributed by atoms with Crippen LogP contribution in [0.4, 0.5) is 0 Å². The first-order valence-corrected chi connectivity index (χ1v) is 18.9. The minimum atomic E-state index is 1.22. The molecule has 0 N–H and O–H groups in total. The molecule has 0 aromatic heterocycles. The van der Waals surface area contributed by atoms with Gasteiger partial charge in [0, 0.05) is 0 Å². The Balaban J connectivity index is 1.21. The van der Waals surface area contributed by atoms with Crippen LogP contribution in [0, 0.1) is 27.7 Å². The summed E-state index contributed by atoms with van der Waals surface area (Å²) < 4.78 is 0. The minimum Gasteiger partial charge on any atom is -0.0614 e. The van der Waals surface area contributed by atoms with Crippen molar-refractivity contribution in [2.24, 2.45) is 0 Å². The van der Waals surface area contributed by atoms with Crippen molar-refractivity contribution in [1.82, 2.24) is 0 Å². The van der Waals surface area contributed by atoms with E-state index in [0.29, 0.717) is 0 Å². The van der Waals surface area contributed by atoms with Crippen molar-refractivity contribution in [3.8, 4) is 66.8 Å². The van der Waals surface area contributed by atoms with Crippen molar-refractivity contribution in [1.29, 1.82) is 0 Å². The lowest BCUT2D eigenvalue weighted by atomic mass is 9.85. The van der Waals surface area contributed by atoms with E-state index in [-0.39, 0.29) is 0 Å². The highest BCUT2D eigenvalue weighted by molar-refractivity contribution is 6.11. The van der Waals surface area contributed by atoms with Crippen LogP contribution in [-0.2, 0) is 0 Å². The summed E-state index contributed by atoms with van der Waals surface area (Å²) in [6.07, 6.45) is 0. The monoisotopic (exact) mass is 690 g/mol. The highest BCUT2D eigenvalue weighted by Gasteiger charge is 2.18. The smallest absolute Gasteiger partial charge is 0.00266 e. The predicted molar refractivity (Wildman–Crippen MR) is 233 cm³/mol. The highest BCUT2D eigenvalue weighted by atomic mass is 14.2. The summed E-state index contributed by atoms with van der Waals surface area (Å²) in [5.74, 6) is 0. The predicted octanol–water partition coefficient (Wildman–Crippen LogP) is 15.2. The molecule has 0 bridgehead atoms. The van der Waals surface area contributed by atoms with E-state index in [2.05, 4.69) is 210 Å². The molecule has 0 aliphatic carbocycles. The molecule has 258 valence electrons. The summed E-state index contributed by atoms with van der Waals surface area (Å²) in [5, 5.41) is 5.00. The molecular weight excluding hydrogens is 649 g/mol. The molecule has 0 saturated carbocycles. The number of hydrogen-bond donors (Lipinski definition) is 0. The van der Waals surface area contributed by atoms with Gasteiger partial charge in [0.25, 0.3) is 0 Å². The van der Waals surface area contributed by atoms with Crippen LogP contribution >= 0.6 is 0 Å². The van der Waals surface area contributed by atoms with Crippen molar-refractivity contribution in [2.45, 2.75) is 27.7 Å². The molecule has 9 aromatic rings. The van der Waals surface area contributed by atoms with Gasteiger partial charge in [-0.3, -0.25) is 0 Å². The molecule has 0 spiro atoms. The van der Waals surface area contributed by atoms with Gasteiger partial charge < -0.3 is 0 Å². The number of rotatable bonds is 6. The van der Waals surface area contributed by atoms with Crippen LogP contribution in [-0.4, -0.2) is 0 Å². The van der Waals surface area contributed by atoms with Gasteiger partial charge in [0.2, 0.25) is 0 Å². The maximum absolute atomic E-state index is 2.39. The van der Waals surface area contributed by atoms with Gasteiger partial charge in [-0.05, 0) is 128 Å². The van der Waals surface area contributed by atoms with Crippen LogP contribution in [0.2, 0.25) is 0 Å². The molecular formula is C54H42. The lowest BCUT2D eigenvalue weighted by Gasteiger charge is -2.19. The van der Waals surface area contributed by atoms with E-state index >= 15 is 0 Å². The Hall–Kier alpha value is -6.50. The Morgan fingerprint density at radius 3 is 0.833 bits per heavy atom. The topological polar surface area (TPSA) is 0 Å². The van der Waals surface area contributed by atoms with Crippen molar-refractivity contribution in [3.05, 3.63) is 204 Å². The number of hydrogen-bond acceptors (Lipinski definition) is 0. The van der Waals surface area contributed by atoms with Crippen LogP contribution in [0.25, 0.3) is 88.3 Å². The first kappa shape index (κ1) is 33.3. The minimum absolute atomic E-state index is 1.22. The van der Waals surface area contributed by atoms with Gasteiger partial charge in [-0.1, -0.05) is 192 Å². The SMILES string of the molecule is Cc1cccc(-c2cccc(-c3cccc(C)c3)c2-c2ccc3c(ccc4cc(-c5c(-c6cccc(C)c6)cccc5-c5cccc(C)c5)ccc43)c2)c1. The van der Waals surface area contributed by atoms with E-state index in [1.54, 1.807) is 0 Å². The van der Waals surface area contributed by atoms with E-state index in [4.69, 9.17) is 0 Å². The first-order chi connectivity index (χ1) is 26.4. The first-order valence-electron chi connectivity index (χ1n) is 18.9. The fraction of sp³-hybridized carbons (Fsp3) is 0.0741. The third-order valence-electron chi connectivity index (χ3n) is 10.9. The normalized spacial score (nSPS) is 11.3. The number of aryl methyl sites for hydroxylation is 4. The van der Waals surface area contributed by atoms with Gasteiger partial charge in [-0.15, -0.1) is 0 Å². The molecule has 0 saturated heterocycles. The van der Waals surface area contributed by atoms with Crippen LogP contribution < -0.4 is 0 Å². The zero-order valence-corrected chi connectivity index (χ0v) is 31.3. The zero-order valence-electron chi connectivity index (χ0n) is 31.3. The molecule has 9 aromatic carbocycles. The Morgan fingerprint density at radius 2 is 0.537 bits per heavy atom. The van der Waals surface area contributed by atoms with Gasteiger partial charge in [0.1, 0.15) is 0 Å². The van der Waals surface area contributed by atoms with Gasteiger partial charge >= 0.3 is 0 Å².